The molecule has 0 fully saturated rings. The third kappa shape index (κ3) is 3.22. The topological polar surface area (TPSA) is 79.3 Å². The van der Waals surface area contributed by atoms with Crippen LogP contribution in [0.2, 0.25) is 0 Å². The van der Waals surface area contributed by atoms with Crippen molar-refractivity contribution >= 4 is 11.6 Å². The highest BCUT2D eigenvalue weighted by Gasteiger charge is 2.15. The van der Waals surface area contributed by atoms with E-state index in [1.807, 2.05) is 30.3 Å². The van der Waals surface area contributed by atoms with Gasteiger partial charge in [0.15, 0.2) is 5.65 Å². The number of benzene rings is 1. The maximum absolute atomic E-state index is 12.4. The van der Waals surface area contributed by atoms with Gasteiger partial charge < -0.3 is 5.32 Å². The molecule has 3 aromatic rings. The molecule has 2 N–H and O–H groups in total. The number of fused-ring (bicyclic) bond motifs is 1. The minimum atomic E-state index is -0.250. The molecular weight excluding hydrogens is 304 g/mol. The first-order valence-corrected chi connectivity index (χ1v) is 8.01. The van der Waals surface area contributed by atoms with Crippen molar-refractivity contribution in [2.24, 2.45) is 5.92 Å². The van der Waals surface area contributed by atoms with Crippen LogP contribution < -0.4 is 10.9 Å². The first kappa shape index (κ1) is 16.0. The standard InChI is InChI=1S/C18H20N4O2/c1-12(2)8-9-19-18(24)14-11-20-22-16(23)10-15(21-17(14)22)13-6-4-3-5-7-13/h3-7,10-12,20H,8-9H2,1-2H3,(H,19,24). The van der Waals surface area contributed by atoms with E-state index in [4.69, 9.17) is 0 Å². The molecule has 0 saturated heterocycles. The Morgan fingerprint density at radius 3 is 2.75 bits per heavy atom. The maximum atomic E-state index is 12.4. The molecule has 0 aliphatic carbocycles. The molecule has 0 atom stereocenters. The number of aromatic nitrogens is 3. The van der Waals surface area contributed by atoms with Gasteiger partial charge in [-0.05, 0) is 12.3 Å². The molecule has 6 heteroatoms. The normalized spacial score (nSPS) is 11.1. The van der Waals surface area contributed by atoms with E-state index in [-0.39, 0.29) is 11.5 Å². The number of aromatic amines is 1. The average Bonchev–Trinajstić information content (AvgIpc) is 3.00. The lowest BCUT2D eigenvalue weighted by Crippen LogP contribution is -2.25. The van der Waals surface area contributed by atoms with Crippen LogP contribution in [0.3, 0.4) is 0 Å². The second kappa shape index (κ2) is 6.70. The second-order valence-electron chi connectivity index (χ2n) is 6.13. The number of nitrogens with zero attached hydrogens (tertiary/aromatic N) is 2. The highest BCUT2D eigenvalue weighted by Crippen LogP contribution is 2.16. The van der Waals surface area contributed by atoms with E-state index in [2.05, 4.69) is 29.2 Å². The Labute approximate surface area is 139 Å². The Morgan fingerprint density at radius 2 is 2.04 bits per heavy atom. The largest absolute Gasteiger partial charge is 0.352 e. The summed E-state index contributed by atoms with van der Waals surface area (Å²) in [5.41, 5.74) is 1.85. The first-order chi connectivity index (χ1) is 11.6. The van der Waals surface area contributed by atoms with Crippen molar-refractivity contribution < 1.29 is 4.79 Å². The molecule has 0 aliphatic rings. The highest BCUT2D eigenvalue weighted by atomic mass is 16.2. The summed E-state index contributed by atoms with van der Waals surface area (Å²) in [4.78, 5) is 29.1. The molecule has 0 saturated carbocycles. The van der Waals surface area contributed by atoms with E-state index in [1.54, 1.807) is 0 Å². The van der Waals surface area contributed by atoms with E-state index in [1.165, 1.54) is 16.8 Å². The van der Waals surface area contributed by atoms with Crippen molar-refractivity contribution in [2.75, 3.05) is 6.54 Å². The van der Waals surface area contributed by atoms with Gasteiger partial charge in [-0.15, -0.1) is 0 Å². The smallest absolute Gasteiger partial charge is 0.273 e. The summed E-state index contributed by atoms with van der Waals surface area (Å²) in [5.74, 6) is 0.283. The second-order valence-corrected chi connectivity index (χ2v) is 6.13. The van der Waals surface area contributed by atoms with Crippen molar-refractivity contribution in [2.45, 2.75) is 20.3 Å². The Hall–Kier alpha value is -2.89. The quantitative estimate of drug-likeness (QED) is 0.756. The molecule has 124 valence electrons. The molecule has 1 amide bonds. The van der Waals surface area contributed by atoms with Crippen molar-refractivity contribution in [3.05, 3.63) is 58.5 Å². The van der Waals surface area contributed by atoms with Crippen LogP contribution in [-0.4, -0.2) is 27.0 Å². The lowest BCUT2D eigenvalue weighted by atomic mass is 10.1. The van der Waals surface area contributed by atoms with E-state index in [0.717, 1.165) is 12.0 Å². The van der Waals surface area contributed by atoms with Crippen LogP contribution in [0.25, 0.3) is 16.9 Å². The number of carbonyl (C=O) groups excluding carboxylic acids is 1. The molecule has 2 heterocycles. The number of carbonyl (C=O) groups is 1. The van der Waals surface area contributed by atoms with Gasteiger partial charge >= 0.3 is 0 Å². The fourth-order valence-electron chi connectivity index (χ4n) is 2.47. The molecule has 3 rings (SSSR count). The van der Waals surface area contributed by atoms with Gasteiger partial charge in [-0.1, -0.05) is 44.2 Å². The number of H-pyrrole nitrogens is 1. The van der Waals surface area contributed by atoms with Crippen LogP contribution >= 0.6 is 0 Å². The van der Waals surface area contributed by atoms with E-state index in [0.29, 0.717) is 29.4 Å². The summed E-state index contributed by atoms with van der Waals surface area (Å²) in [6, 6.07) is 10.9. The lowest BCUT2D eigenvalue weighted by Gasteiger charge is -2.06. The molecule has 0 aliphatic heterocycles. The predicted octanol–water partition coefficient (Wildman–Crippen LogP) is 2.47. The number of hydrogen-bond acceptors (Lipinski definition) is 3. The van der Waals surface area contributed by atoms with Crippen LogP contribution in [-0.2, 0) is 0 Å². The number of nitrogens with one attached hydrogen (secondary N) is 2. The molecule has 2 aromatic heterocycles. The third-order valence-corrected chi connectivity index (χ3v) is 3.82. The molecule has 6 nitrogen and oxygen atoms in total. The zero-order valence-electron chi connectivity index (χ0n) is 13.7. The number of rotatable bonds is 5. The Balaban J connectivity index is 1.97. The fraction of sp³-hybridized carbons (Fsp3) is 0.278. The fourth-order valence-corrected chi connectivity index (χ4v) is 2.47. The van der Waals surface area contributed by atoms with Gasteiger partial charge in [-0.3, -0.25) is 14.7 Å². The molecule has 24 heavy (non-hydrogen) atoms. The monoisotopic (exact) mass is 324 g/mol. The van der Waals surface area contributed by atoms with Crippen molar-refractivity contribution in [1.29, 1.82) is 0 Å². The molecular formula is C18H20N4O2. The number of hydrogen-bond donors (Lipinski definition) is 2. The lowest BCUT2D eigenvalue weighted by molar-refractivity contribution is 0.0953. The van der Waals surface area contributed by atoms with Gasteiger partial charge in [0.2, 0.25) is 0 Å². The Morgan fingerprint density at radius 1 is 1.29 bits per heavy atom. The van der Waals surface area contributed by atoms with Gasteiger partial charge in [0.1, 0.15) is 5.56 Å². The van der Waals surface area contributed by atoms with Crippen LogP contribution in [0.4, 0.5) is 0 Å². The predicted molar refractivity (Wildman–Crippen MR) is 93.0 cm³/mol. The SMILES string of the molecule is CC(C)CCNC(=O)c1c[nH]n2c(=O)cc(-c3ccccc3)nc12. The third-order valence-electron chi connectivity index (χ3n) is 3.82. The van der Waals surface area contributed by atoms with Crippen LogP contribution in [0, 0.1) is 5.92 Å². The molecule has 0 spiro atoms. The summed E-state index contributed by atoms with van der Waals surface area (Å²) < 4.78 is 1.28. The van der Waals surface area contributed by atoms with E-state index >= 15 is 0 Å². The van der Waals surface area contributed by atoms with Crippen LogP contribution in [0.1, 0.15) is 30.6 Å². The van der Waals surface area contributed by atoms with Crippen LogP contribution in [0.5, 0.6) is 0 Å². The number of amides is 1. The van der Waals surface area contributed by atoms with Gasteiger partial charge in [0.25, 0.3) is 11.5 Å². The molecule has 0 unspecified atom stereocenters. The highest BCUT2D eigenvalue weighted by molar-refractivity contribution is 5.99. The van der Waals surface area contributed by atoms with Gasteiger partial charge in [0, 0.05) is 24.4 Å². The zero-order chi connectivity index (χ0) is 17.1. The van der Waals surface area contributed by atoms with E-state index in [9.17, 15) is 9.59 Å². The Kier molecular flexibility index (Phi) is 4.46. The van der Waals surface area contributed by atoms with E-state index < -0.39 is 0 Å². The summed E-state index contributed by atoms with van der Waals surface area (Å²) in [6.45, 7) is 4.80. The molecule has 0 bridgehead atoms. The molecule has 0 radical (unpaired) electrons. The van der Waals surface area contributed by atoms with Crippen LogP contribution in [0.15, 0.2) is 47.4 Å². The van der Waals surface area contributed by atoms with Gasteiger partial charge in [-0.25, -0.2) is 9.50 Å². The van der Waals surface area contributed by atoms with Crippen molar-refractivity contribution in [3.63, 3.8) is 0 Å². The first-order valence-electron chi connectivity index (χ1n) is 8.01. The summed E-state index contributed by atoms with van der Waals surface area (Å²) >= 11 is 0. The average molecular weight is 324 g/mol. The van der Waals surface area contributed by atoms with Crippen molar-refractivity contribution in [3.8, 4) is 11.3 Å². The Bertz CT molecular complexity index is 910. The zero-order valence-corrected chi connectivity index (χ0v) is 13.7. The summed E-state index contributed by atoms with van der Waals surface area (Å²) in [5, 5.41) is 5.67. The summed E-state index contributed by atoms with van der Waals surface area (Å²) in [7, 11) is 0. The maximum Gasteiger partial charge on any atom is 0.273 e. The van der Waals surface area contributed by atoms with Gasteiger partial charge in [-0.2, -0.15) is 0 Å². The van der Waals surface area contributed by atoms with Gasteiger partial charge in [0.05, 0.1) is 5.69 Å². The minimum Gasteiger partial charge on any atom is -0.352 e. The van der Waals surface area contributed by atoms with Crippen molar-refractivity contribution in [1.82, 2.24) is 19.9 Å². The minimum absolute atomic E-state index is 0.230. The molecule has 1 aromatic carbocycles. The summed E-state index contributed by atoms with van der Waals surface area (Å²) in [6.07, 6.45) is 2.42.